The van der Waals surface area contributed by atoms with E-state index in [0.29, 0.717) is 18.8 Å². The maximum atomic E-state index is 12.6. The SMILES string of the molecule is CC(C)NC(=O)[C@@H]1C[C@@H](NC(=O)Cc2ccncc2)CN1CC1CCC1. The van der Waals surface area contributed by atoms with Crippen molar-refractivity contribution in [2.45, 2.75) is 64.1 Å². The van der Waals surface area contributed by atoms with Gasteiger partial charge in [-0.2, -0.15) is 0 Å². The Bertz CT molecular complexity index is 615. The topological polar surface area (TPSA) is 74.3 Å². The molecule has 3 rings (SSSR count). The highest BCUT2D eigenvalue weighted by molar-refractivity contribution is 5.83. The zero-order chi connectivity index (χ0) is 18.5. The van der Waals surface area contributed by atoms with Gasteiger partial charge in [-0.05, 0) is 56.7 Å². The number of hydrogen-bond donors (Lipinski definition) is 2. The number of nitrogens with one attached hydrogen (secondary N) is 2. The van der Waals surface area contributed by atoms with Gasteiger partial charge in [0.15, 0.2) is 0 Å². The monoisotopic (exact) mass is 358 g/mol. The molecule has 2 fully saturated rings. The van der Waals surface area contributed by atoms with Crippen molar-refractivity contribution < 1.29 is 9.59 Å². The third-order valence-electron chi connectivity index (χ3n) is 5.33. The minimum atomic E-state index is -0.135. The summed E-state index contributed by atoms with van der Waals surface area (Å²) in [6.45, 7) is 5.69. The lowest BCUT2D eigenvalue weighted by atomic mass is 9.85. The van der Waals surface area contributed by atoms with Crippen molar-refractivity contribution in [2.75, 3.05) is 13.1 Å². The Morgan fingerprint density at radius 3 is 2.62 bits per heavy atom. The second-order valence-corrected chi connectivity index (χ2v) is 7.96. The highest BCUT2D eigenvalue weighted by atomic mass is 16.2. The predicted molar refractivity (Wildman–Crippen MR) is 100 cm³/mol. The number of carbonyl (C=O) groups is 2. The van der Waals surface area contributed by atoms with Gasteiger partial charge < -0.3 is 10.6 Å². The van der Waals surface area contributed by atoms with Crippen LogP contribution in [0.5, 0.6) is 0 Å². The molecule has 1 aromatic heterocycles. The van der Waals surface area contributed by atoms with Crippen molar-refractivity contribution in [3.05, 3.63) is 30.1 Å². The van der Waals surface area contributed by atoms with Crippen LogP contribution in [0, 0.1) is 5.92 Å². The summed E-state index contributed by atoms with van der Waals surface area (Å²) in [4.78, 5) is 31.2. The summed E-state index contributed by atoms with van der Waals surface area (Å²) in [5, 5.41) is 6.16. The zero-order valence-electron chi connectivity index (χ0n) is 15.8. The smallest absolute Gasteiger partial charge is 0.237 e. The van der Waals surface area contributed by atoms with E-state index in [4.69, 9.17) is 0 Å². The first-order valence-corrected chi connectivity index (χ1v) is 9.74. The average molecular weight is 358 g/mol. The van der Waals surface area contributed by atoms with Crippen LogP contribution in [-0.4, -0.2) is 52.9 Å². The van der Waals surface area contributed by atoms with Crippen LogP contribution in [0.1, 0.15) is 45.1 Å². The molecule has 0 unspecified atom stereocenters. The summed E-state index contributed by atoms with van der Waals surface area (Å²) in [7, 11) is 0. The van der Waals surface area contributed by atoms with Crippen LogP contribution in [0.3, 0.4) is 0 Å². The van der Waals surface area contributed by atoms with E-state index in [-0.39, 0.29) is 29.9 Å². The Morgan fingerprint density at radius 2 is 2.00 bits per heavy atom. The molecule has 1 saturated carbocycles. The number of aromatic nitrogens is 1. The van der Waals surface area contributed by atoms with Gasteiger partial charge in [0.05, 0.1) is 12.5 Å². The van der Waals surface area contributed by atoms with Crippen LogP contribution in [0.4, 0.5) is 0 Å². The van der Waals surface area contributed by atoms with Gasteiger partial charge in [0.25, 0.3) is 0 Å². The average Bonchev–Trinajstić information content (AvgIpc) is 2.94. The maximum absolute atomic E-state index is 12.6. The summed E-state index contributed by atoms with van der Waals surface area (Å²) in [5.74, 6) is 0.801. The Hall–Kier alpha value is -1.95. The molecule has 2 heterocycles. The fourth-order valence-corrected chi connectivity index (χ4v) is 3.84. The molecule has 6 heteroatoms. The van der Waals surface area contributed by atoms with Crippen LogP contribution in [-0.2, 0) is 16.0 Å². The number of nitrogens with zero attached hydrogens (tertiary/aromatic N) is 2. The van der Waals surface area contributed by atoms with E-state index in [0.717, 1.165) is 18.7 Å². The van der Waals surface area contributed by atoms with Crippen molar-refractivity contribution in [2.24, 2.45) is 5.92 Å². The van der Waals surface area contributed by atoms with Crippen LogP contribution in [0.2, 0.25) is 0 Å². The first-order valence-electron chi connectivity index (χ1n) is 9.74. The zero-order valence-corrected chi connectivity index (χ0v) is 15.8. The molecule has 0 spiro atoms. The van der Waals surface area contributed by atoms with Gasteiger partial charge >= 0.3 is 0 Å². The molecule has 1 aliphatic heterocycles. The van der Waals surface area contributed by atoms with Gasteiger partial charge in [-0.3, -0.25) is 19.5 Å². The van der Waals surface area contributed by atoms with Crippen LogP contribution >= 0.6 is 0 Å². The minimum absolute atomic E-state index is 0.00899. The molecular weight excluding hydrogens is 328 g/mol. The normalized spacial score (nSPS) is 23.7. The van der Waals surface area contributed by atoms with Gasteiger partial charge in [0.1, 0.15) is 0 Å². The van der Waals surface area contributed by atoms with Gasteiger partial charge in [0.2, 0.25) is 11.8 Å². The van der Waals surface area contributed by atoms with E-state index in [2.05, 4.69) is 20.5 Å². The Morgan fingerprint density at radius 1 is 1.27 bits per heavy atom. The van der Waals surface area contributed by atoms with E-state index in [1.165, 1.54) is 19.3 Å². The van der Waals surface area contributed by atoms with Gasteiger partial charge in [0, 0.05) is 37.6 Å². The Kier molecular flexibility index (Phi) is 6.25. The number of amides is 2. The lowest BCUT2D eigenvalue weighted by molar-refractivity contribution is -0.126. The lowest BCUT2D eigenvalue weighted by Gasteiger charge is -2.33. The first kappa shape index (κ1) is 18.8. The van der Waals surface area contributed by atoms with Crippen LogP contribution < -0.4 is 10.6 Å². The molecular formula is C20H30N4O2. The van der Waals surface area contributed by atoms with E-state index in [1.54, 1.807) is 12.4 Å². The molecule has 1 aromatic rings. The van der Waals surface area contributed by atoms with Crippen LogP contribution in [0.15, 0.2) is 24.5 Å². The fraction of sp³-hybridized carbons (Fsp3) is 0.650. The highest BCUT2D eigenvalue weighted by Gasteiger charge is 2.39. The number of hydrogen-bond acceptors (Lipinski definition) is 4. The van der Waals surface area contributed by atoms with E-state index in [1.807, 2.05) is 26.0 Å². The van der Waals surface area contributed by atoms with Gasteiger partial charge in [-0.1, -0.05) is 6.42 Å². The summed E-state index contributed by atoms with van der Waals surface area (Å²) in [5.41, 5.74) is 0.955. The molecule has 0 radical (unpaired) electrons. The predicted octanol–water partition coefficient (Wildman–Crippen LogP) is 1.51. The summed E-state index contributed by atoms with van der Waals surface area (Å²) in [6.07, 6.45) is 8.25. The fourth-order valence-electron chi connectivity index (χ4n) is 3.84. The van der Waals surface area contributed by atoms with Crippen LogP contribution in [0.25, 0.3) is 0 Å². The molecule has 0 aromatic carbocycles. The van der Waals surface area contributed by atoms with Crippen molar-refractivity contribution in [3.63, 3.8) is 0 Å². The number of pyridine rings is 1. The quantitative estimate of drug-likeness (QED) is 0.775. The molecule has 2 N–H and O–H groups in total. The van der Waals surface area contributed by atoms with Gasteiger partial charge in [-0.25, -0.2) is 0 Å². The lowest BCUT2D eigenvalue weighted by Crippen LogP contribution is -2.47. The number of rotatable bonds is 7. The maximum Gasteiger partial charge on any atom is 0.237 e. The third kappa shape index (κ3) is 5.04. The second-order valence-electron chi connectivity index (χ2n) is 7.96. The van der Waals surface area contributed by atoms with Crippen molar-refractivity contribution >= 4 is 11.8 Å². The number of carbonyl (C=O) groups excluding carboxylic acids is 2. The minimum Gasteiger partial charge on any atom is -0.353 e. The van der Waals surface area contributed by atoms with E-state index in [9.17, 15) is 9.59 Å². The summed E-state index contributed by atoms with van der Waals surface area (Å²) in [6, 6.07) is 3.75. The molecule has 1 aliphatic carbocycles. The Balaban J connectivity index is 1.57. The molecule has 6 nitrogen and oxygen atoms in total. The Labute approximate surface area is 155 Å². The first-order chi connectivity index (χ1) is 12.5. The second kappa shape index (κ2) is 8.62. The van der Waals surface area contributed by atoms with Gasteiger partial charge in [-0.15, -0.1) is 0 Å². The summed E-state index contributed by atoms with van der Waals surface area (Å²) >= 11 is 0. The van der Waals surface area contributed by atoms with E-state index >= 15 is 0 Å². The molecule has 2 aliphatic rings. The highest BCUT2D eigenvalue weighted by Crippen LogP contribution is 2.30. The molecule has 142 valence electrons. The summed E-state index contributed by atoms with van der Waals surface area (Å²) < 4.78 is 0. The number of likely N-dealkylation sites (tertiary alicyclic amines) is 1. The standard InChI is InChI=1S/C20H30N4O2/c1-14(2)22-20(26)18-11-17(13-24(18)12-16-4-3-5-16)23-19(25)10-15-6-8-21-9-7-15/h6-9,14,16-18H,3-5,10-13H2,1-2H3,(H,22,26)(H,23,25)/t17-,18+/m1/s1. The van der Waals surface area contributed by atoms with Crippen molar-refractivity contribution in [1.29, 1.82) is 0 Å². The molecule has 2 amide bonds. The molecule has 2 atom stereocenters. The molecule has 1 saturated heterocycles. The third-order valence-corrected chi connectivity index (χ3v) is 5.33. The molecule has 26 heavy (non-hydrogen) atoms. The van der Waals surface area contributed by atoms with Crippen molar-refractivity contribution in [1.82, 2.24) is 20.5 Å². The molecule has 0 bridgehead atoms. The van der Waals surface area contributed by atoms with Crippen molar-refractivity contribution in [3.8, 4) is 0 Å². The largest absolute Gasteiger partial charge is 0.353 e. The van der Waals surface area contributed by atoms with E-state index < -0.39 is 0 Å².